The Balaban J connectivity index is 1.82. The molecule has 1 saturated heterocycles. The molecule has 1 nitrogen and oxygen atoms in total. The number of rotatable bonds is 1. The van der Waals surface area contributed by atoms with Gasteiger partial charge in [0, 0.05) is 6.04 Å². The Bertz CT molecular complexity index is 130. The fraction of sp³-hybridized carbons (Fsp3) is 0.917. The van der Waals surface area contributed by atoms with Gasteiger partial charge < -0.3 is 4.90 Å². The second-order valence-electron chi connectivity index (χ2n) is 4.55. The van der Waals surface area contributed by atoms with E-state index in [2.05, 4.69) is 11.3 Å². The van der Waals surface area contributed by atoms with Crippen molar-refractivity contribution in [2.24, 2.45) is 0 Å². The average molecular weight is 180 g/mol. The number of likely N-dealkylation sites (tertiary alicyclic amines) is 1. The third-order valence-corrected chi connectivity index (χ3v) is 3.57. The molecule has 0 aromatic carbocycles. The smallest absolute Gasteiger partial charge is 0.00954 e. The fourth-order valence-electron chi connectivity index (χ4n) is 2.73. The molecule has 0 aromatic rings. The minimum absolute atomic E-state index is 0.933. The van der Waals surface area contributed by atoms with E-state index >= 15 is 0 Å². The maximum Gasteiger partial charge on any atom is 0.00954 e. The van der Waals surface area contributed by atoms with Crippen molar-refractivity contribution in [3.63, 3.8) is 0 Å². The van der Waals surface area contributed by atoms with E-state index in [0.29, 0.717) is 0 Å². The number of hydrogen-bond acceptors (Lipinski definition) is 1. The van der Waals surface area contributed by atoms with Gasteiger partial charge in [0.25, 0.3) is 0 Å². The first kappa shape index (κ1) is 9.51. The van der Waals surface area contributed by atoms with Crippen molar-refractivity contribution >= 4 is 0 Å². The highest BCUT2D eigenvalue weighted by Crippen LogP contribution is 2.24. The summed E-state index contributed by atoms with van der Waals surface area (Å²) < 4.78 is 0. The van der Waals surface area contributed by atoms with Gasteiger partial charge in [-0.05, 0) is 58.0 Å². The molecular formula is C12H22N. The molecule has 1 aliphatic heterocycles. The van der Waals surface area contributed by atoms with Gasteiger partial charge >= 0.3 is 0 Å². The van der Waals surface area contributed by atoms with Crippen molar-refractivity contribution in [3.8, 4) is 0 Å². The summed E-state index contributed by atoms with van der Waals surface area (Å²) in [6.45, 7) is 2.76. The van der Waals surface area contributed by atoms with Crippen LogP contribution in [-0.4, -0.2) is 24.0 Å². The summed E-state index contributed by atoms with van der Waals surface area (Å²) in [6.07, 6.45) is 13.9. The van der Waals surface area contributed by atoms with Crippen LogP contribution in [0.2, 0.25) is 0 Å². The molecule has 1 saturated carbocycles. The van der Waals surface area contributed by atoms with E-state index in [-0.39, 0.29) is 0 Å². The summed E-state index contributed by atoms with van der Waals surface area (Å²) in [6, 6.07) is 0.933. The van der Waals surface area contributed by atoms with Crippen LogP contribution in [-0.2, 0) is 0 Å². The normalized spacial score (nSPS) is 28.6. The zero-order valence-electron chi connectivity index (χ0n) is 8.67. The molecule has 0 spiro atoms. The summed E-state index contributed by atoms with van der Waals surface area (Å²) in [5.74, 6) is 0. The molecule has 13 heavy (non-hydrogen) atoms. The molecule has 0 unspecified atom stereocenters. The molecule has 1 aliphatic carbocycles. The SMILES string of the molecule is [CH]1CCC(N2CCCCCC2)CC1. The van der Waals surface area contributed by atoms with E-state index in [0.717, 1.165) is 6.04 Å². The average Bonchev–Trinajstić information content (AvgIpc) is 2.47. The van der Waals surface area contributed by atoms with Crippen molar-refractivity contribution in [1.29, 1.82) is 0 Å². The minimum Gasteiger partial charge on any atom is -0.300 e. The Morgan fingerprint density at radius 3 is 2.08 bits per heavy atom. The van der Waals surface area contributed by atoms with Gasteiger partial charge in [0.2, 0.25) is 0 Å². The number of nitrogens with zero attached hydrogens (tertiary/aromatic N) is 1. The predicted octanol–water partition coefficient (Wildman–Crippen LogP) is 3.01. The highest BCUT2D eigenvalue weighted by atomic mass is 15.2. The Morgan fingerprint density at radius 1 is 0.846 bits per heavy atom. The van der Waals surface area contributed by atoms with Gasteiger partial charge in [-0.25, -0.2) is 0 Å². The van der Waals surface area contributed by atoms with E-state index in [1.807, 2.05) is 0 Å². The van der Waals surface area contributed by atoms with Crippen LogP contribution in [0.5, 0.6) is 0 Å². The Hall–Kier alpha value is -0.0400. The lowest BCUT2D eigenvalue weighted by atomic mass is 9.94. The maximum absolute atomic E-state index is 2.76. The molecule has 0 bridgehead atoms. The van der Waals surface area contributed by atoms with Crippen LogP contribution >= 0.6 is 0 Å². The fourth-order valence-corrected chi connectivity index (χ4v) is 2.73. The molecule has 1 radical (unpaired) electrons. The second-order valence-corrected chi connectivity index (χ2v) is 4.55. The quantitative estimate of drug-likeness (QED) is 0.599. The Kier molecular flexibility index (Phi) is 3.65. The largest absolute Gasteiger partial charge is 0.300 e. The molecule has 1 heteroatoms. The first-order valence-corrected chi connectivity index (χ1v) is 6.02. The molecule has 75 valence electrons. The van der Waals surface area contributed by atoms with Crippen molar-refractivity contribution in [2.45, 2.75) is 57.4 Å². The summed E-state index contributed by atoms with van der Waals surface area (Å²) in [7, 11) is 0. The first-order valence-electron chi connectivity index (χ1n) is 6.02. The van der Waals surface area contributed by atoms with Crippen molar-refractivity contribution < 1.29 is 0 Å². The summed E-state index contributed by atoms with van der Waals surface area (Å²) >= 11 is 0. The Labute approximate surface area is 82.5 Å². The van der Waals surface area contributed by atoms with Crippen LogP contribution in [0.4, 0.5) is 0 Å². The van der Waals surface area contributed by atoms with Gasteiger partial charge in [0.1, 0.15) is 0 Å². The molecule has 0 N–H and O–H groups in total. The van der Waals surface area contributed by atoms with Crippen LogP contribution in [0.25, 0.3) is 0 Å². The molecule has 1 heterocycles. The van der Waals surface area contributed by atoms with Gasteiger partial charge in [-0.2, -0.15) is 0 Å². The minimum atomic E-state index is 0.933. The van der Waals surface area contributed by atoms with E-state index in [1.54, 1.807) is 0 Å². The maximum atomic E-state index is 2.76. The van der Waals surface area contributed by atoms with Crippen LogP contribution in [0, 0.1) is 6.42 Å². The van der Waals surface area contributed by atoms with Crippen molar-refractivity contribution in [1.82, 2.24) is 4.90 Å². The van der Waals surface area contributed by atoms with Crippen LogP contribution in [0.15, 0.2) is 0 Å². The first-order chi connectivity index (χ1) is 6.47. The van der Waals surface area contributed by atoms with Crippen LogP contribution < -0.4 is 0 Å². The van der Waals surface area contributed by atoms with Gasteiger partial charge in [0.15, 0.2) is 0 Å². The molecule has 2 rings (SSSR count). The summed E-state index contributed by atoms with van der Waals surface area (Å²) in [4.78, 5) is 2.76. The van der Waals surface area contributed by atoms with Crippen molar-refractivity contribution in [3.05, 3.63) is 6.42 Å². The van der Waals surface area contributed by atoms with Crippen LogP contribution in [0.3, 0.4) is 0 Å². The van der Waals surface area contributed by atoms with Gasteiger partial charge in [-0.1, -0.05) is 12.8 Å². The zero-order chi connectivity index (χ0) is 8.93. The van der Waals surface area contributed by atoms with Gasteiger partial charge in [0.05, 0.1) is 0 Å². The molecule has 0 atom stereocenters. The lowest BCUT2D eigenvalue weighted by Crippen LogP contribution is -2.37. The van der Waals surface area contributed by atoms with E-state index < -0.39 is 0 Å². The number of hydrogen-bond donors (Lipinski definition) is 0. The standard InChI is InChI=1S/C12H22N/c1-2-7-11-13(10-6-1)12-8-4-3-5-9-12/h3,12H,1-2,4-11H2. The lowest BCUT2D eigenvalue weighted by Gasteiger charge is -2.33. The Morgan fingerprint density at radius 2 is 1.46 bits per heavy atom. The van der Waals surface area contributed by atoms with E-state index in [1.165, 1.54) is 64.5 Å². The van der Waals surface area contributed by atoms with Crippen molar-refractivity contribution in [2.75, 3.05) is 13.1 Å². The van der Waals surface area contributed by atoms with E-state index in [9.17, 15) is 0 Å². The van der Waals surface area contributed by atoms with Gasteiger partial charge in [-0.15, -0.1) is 0 Å². The highest BCUT2D eigenvalue weighted by Gasteiger charge is 2.21. The topological polar surface area (TPSA) is 3.24 Å². The molecular weight excluding hydrogens is 158 g/mol. The lowest BCUT2D eigenvalue weighted by molar-refractivity contribution is 0.173. The second kappa shape index (κ2) is 4.99. The zero-order valence-corrected chi connectivity index (χ0v) is 8.67. The molecule has 0 amide bonds. The third-order valence-electron chi connectivity index (χ3n) is 3.57. The molecule has 2 fully saturated rings. The van der Waals surface area contributed by atoms with Gasteiger partial charge in [-0.3, -0.25) is 0 Å². The third kappa shape index (κ3) is 2.70. The summed E-state index contributed by atoms with van der Waals surface area (Å²) in [5, 5.41) is 0. The molecule has 0 aromatic heterocycles. The van der Waals surface area contributed by atoms with E-state index in [4.69, 9.17) is 0 Å². The molecule has 2 aliphatic rings. The monoisotopic (exact) mass is 180 g/mol. The summed E-state index contributed by atoms with van der Waals surface area (Å²) in [5.41, 5.74) is 0. The van der Waals surface area contributed by atoms with Crippen LogP contribution in [0.1, 0.15) is 51.4 Å². The predicted molar refractivity (Wildman–Crippen MR) is 56.6 cm³/mol. The highest BCUT2D eigenvalue weighted by molar-refractivity contribution is 4.83.